The van der Waals surface area contributed by atoms with Gasteiger partial charge in [0.05, 0.1) is 24.0 Å². The smallest absolute Gasteiger partial charge is 0.306 e. The molecule has 3 heterocycles. The van der Waals surface area contributed by atoms with Gasteiger partial charge in [-0.2, -0.15) is 0 Å². The minimum Gasteiger partial charge on any atom is -0.463 e. The van der Waals surface area contributed by atoms with Gasteiger partial charge in [-0.1, -0.05) is 77.7 Å². The summed E-state index contributed by atoms with van der Waals surface area (Å²) in [6.07, 6.45) is 9.10. The fraction of sp³-hybridized carbons (Fsp3) is 0.600. The fourth-order valence-electron chi connectivity index (χ4n) is 7.94. The fourth-order valence-corrected chi connectivity index (χ4v) is 8.88. The van der Waals surface area contributed by atoms with Crippen LogP contribution in [0.2, 0.25) is 0 Å². The Labute approximate surface area is 279 Å². The van der Waals surface area contributed by atoms with Crippen LogP contribution >= 0.6 is 15.9 Å². The zero-order chi connectivity index (χ0) is 32.8. The quantitative estimate of drug-likeness (QED) is 0.162. The number of halogens is 1. The van der Waals surface area contributed by atoms with Crippen molar-refractivity contribution in [2.45, 2.75) is 92.4 Å². The van der Waals surface area contributed by atoms with E-state index in [1.807, 2.05) is 35.2 Å². The average Bonchev–Trinajstić information content (AvgIpc) is 3.66. The van der Waals surface area contributed by atoms with Crippen LogP contribution in [0.4, 0.5) is 0 Å². The number of hydrogen-bond acceptors (Lipinski definition) is 7. The van der Waals surface area contributed by atoms with Crippen LogP contribution in [-0.4, -0.2) is 93.5 Å². The van der Waals surface area contributed by atoms with Gasteiger partial charge in [0.1, 0.15) is 18.2 Å². The Morgan fingerprint density at radius 3 is 2.59 bits per heavy atom. The van der Waals surface area contributed by atoms with Gasteiger partial charge in [-0.25, -0.2) is 0 Å². The number of amides is 3. The highest BCUT2D eigenvalue weighted by Crippen LogP contribution is 2.60. The predicted molar refractivity (Wildman–Crippen MR) is 176 cm³/mol. The number of esters is 1. The molecular formula is C35H46BrN3O7. The zero-order valence-electron chi connectivity index (χ0n) is 26.4. The molecule has 10 nitrogen and oxygen atoms in total. The summed E-state index contributed by atoms with van der Waals surface area (Å²) in [5.41, 5.74) is -0.442. The number of nitrogens with zero attached hydrogens (tertiary/aromatic N) is 2. The third kappa shape index (κ3) is 6.69. The molecule has 1 saturated carbocycles. The second kappa shape index (κ2) is 15.3. The van der Waals surface area contributed by atoms with Crippen LogP contribution in [0, 0.1) is 11.8 Å². The lowest BCUT2D eigenvalue weighted by molar-refractivity contribution is -0.150. The van der Waals surface area contributed by atoms with E-state index in [0.717, 1.165) is 37.7 Å². The van der Waals surface area contributed by atoms with E-state index in [4.69, 9.17) is 9.47 Å². The number of carbonyl (C=O) groups is 4. The second-order valence-corrected chi connectivity index (χ2v) is 14.0. The van der Waals surface area contributed by atoms with Crippen LogP contribution in [0.3, 0.4) is 0 Å². The Bertz CT molecular complexity index is 1290. The van der Waals surface area contributed by atoms with Crippen LogP contribution < -0.4 is 5.32 Å². The maximum absolute atomic E-state index is 14.6. The Balaban J connectivity index is 1.44. The molecule has 5 rings (SSSR count). The minimum atomic E-state index is -1.20. The molecule has 1 aromatic rings. The van der Waals surface area contributed by atoms with Crippen molar-refractivity contribution in [2.24, 2.45) is 11.8 Å². The Hall–Kier alpha value is -3.02. The van der Waals surface area contributed by atoms with E-state index in [1.165, 1.54) is 0 Å². The molecule has 46 heavy (non-hydrogen) atoms. The van der Waals surface area contributed by atoms with Gasteiger partial charge in [-0.15, -0.1) is 13.2 Å². The molecule has 3 amide bonds. The van der Waals surface area contributed by atoms with E-state index in [2.05, 4.69) is 34.4 Å². The van der Waals surface area contributed by atoms with Crippen molar-refractivity contribution in [3.63, 3.8) is 0 Å². The van der Waals surface area contributed by atoms with Gasteiger partial charge in [0.15, 0.2) is 0 Å². The topological polar surface area (TPSA) is 125 Å². The summed E-state index contributed by atoms with van der Waals surface area (Å²) in [5, 5.41) is 12.8. The Kier molecular flexibility index (Phi) is 11.4. The number of benzene rings is 1. The predicted octanol–water partition coefficient (Wildman–Crippen LogP) is 3.83. The minimum absolute atomic E-state index is 0.0442. The van der Waals surface area contributed by atoms with Crippen molar-refractivity contribution in [1.29, 1.82) is 0 Å². The second-order valence-electron chi connectivity index (χ2n) is 12.8. The van der Waals surface area contributed by atoms with Gasteiger partial charge < -0.3 is 29.7 Å². The van der Waals surface area contributed by atoms with E-state index in [1.54, 1.807) is 17.1 Å². The van der Waals surface area contributed by atoms with Gasteiger partial charge in [0, 0.05) is 37.0 Å². The van der Waals surface area contributed by atoms with Crippen LogP contribution in [-0.2, 0) is 28.7 Å². The number of hydrogen-bond donors (Lipinski definition) is 2. The van der Waals surface area contributed by atoms with E-state index < -0.39 is 47.5 Å². The van der Waals surface area contributed by atoms with E-state index in [9.17, 15) is 24.3 Å². The number of ether oxygens (including phenoxy) is 2. The summed E-state index contributed by atoms with van der Waals surface area (Å²) >= 11 is 3.74. The molecule has 3 aliphatic heterocycles. The number of fused-ring (bicyclic) bond motifs is 1. The first-order chi connectivity index (χ1) is 22.3. The third-order valence-electron chi connectivity index (χ3n) is 9.99. The van der Waals surface area contributed by atoms with Gasteiger partial charge in [-0.3, -0.25) is 19.2 Å². The van der Waals surface area contributed by atoms with Crippen LogP contribution in [0.5, 0.6) is 0 Å². The Morgan fingerprint density at radius 2 is 1.91 bits per heavy atom. The van der Waals surface area contributed by atoms with Crippen LogP contribution in [0.1, 0.15) is 69.4 Å². The first-order valence-electron chi connectivity index (χ1n) is 16.5. The molecule has 0 aromatic heterocycles. The van der Waals surface area contributed by atoms with Gasteiger partial charge in [0.25, 0.3) is 0 Å². The maximum atomic E-state index is 14.6. The molecule has 3 saturated heterocycles. The number of nitrogens with one attached hydrogen (secondary N) is 1. The summed E-state index contributed by atoms with van der Waals surface area (Å²) in [5.74, 6) is -3.02. The molecule has 2 N–H and O–H groups in total. The van der Waals surface area contributed by atoms with Gasteiger partial charge >= 0.3 is 5.97 Å². The summed E-state index contributed by atoms with van der Waals surface area (Å²) in [4.78, 5) is 58.7. The first-order valence-corrected chi connectivity index (χ1v) is 17.4. The van der Waals surface area contributed by atoms with Gasteiger partial charge in [-0.05, 0) is 37.7 Å². The lowest BCUT2D eigenvalue weighted by Crippen LogP contribution is -2.59. The molecular weight excluding hydrogens is 654 g/mol. The van der Waals surface area contributed by atoms with E-state index >= 15 is 0 Å². The number of aliphatic hydroxyl groups excluding tert-OH is 1. The lowest BCUT2D eigenvalue weighted by Gasteiger charge is -2.41. The van der Waals surface area contributed by atoms with Gasteiger partial charge in [0.2, 0.25) is 17.7 Å². The molecule has 0 radical (unpaired) electrons. The number of rotatable bonds is 15. The SMILES string of the molecule is C=CCCC(=O)OC[C@H](NC(=O)[C@H]1[C@@H]2O[C@@]3(CC2Br)[C@@H]1C(=O)N(CCCO)[C@@H]3C(=O)N(CC=C)C1CCCCC1)c1ccccc1. The molecule has 11 heteroatoms. The molecule has 2 bridgehead atoms. The van der Waals surface area contributed by atoms with Crippen molar-refractivity contribution in [1.82, 2.24) is 15.1 Å². The molecule has 4 fully saturated rings. The molecule has 1 unspecified atom stereocenters. The van der Waals surface area contributed by atoms with Crippen LogP contribution in [0.15, 0.2) is 55.6 Å². The molecule has 7 atom stereocenters. The number of likely N-dealkylation sites (tertiary alicyclic amines) is 1. The monoisotopic (exact) mass is 699 g/mol. The largest absolute Gasteiger partial charge is 0.463 e. The highest BCUT2D eigenvalue weighted by Gasteiger charge is 2.76. The van der Waals surface area contributed by atoms with Crippen molar-refractivity contribution >= 4 is 39.6 Å². The van der Waals surface area contributed by atoms with Crippen molar-refractivity contribution in [3.05, 3.63) is 61.2 Å². The summed E-state index contributed by atoms with van der Waals surface area (Å²) in [6, 6.07) is 7.71. The number of allylic oxidation sites excluding steroid dienone is 1. The number of alkyl halides is 1. The van der Waals surface area contributed by atoms with Crippen molar-refractivity contribution in [2.75, 3.05) is 26.3 Å². The average molecular weight is 701 g/mol. The summed E-state index contributed by atoms with van der Waals surface area (Å²) in [6.45, 7) is 7.87. The number of carbonyl (C=O) groups excluding carboxylic acids is 4. The lowest BCUT2D eigenvalue weighted by atomic mass is 9.70. The maximum Gasteiger partial charge on any atom is 0.306 e. The molecule has 1 aliphatic carbocycles. The zero-order valence-corrected chi connectivity index (χ0v) is 27.9. The molecule has 1 spiro atoms. The summed E-state index contributed by atoms with van der Waals surface area (Å²) < 4.78 is 12.2. The van der Waals surface area contributed by atoms with Crippen molar-refractivity contribution < 1.29 is 33.8 Å². The highest BCUT2D eigenvalue weighted by molar-refractivity contribution is 9.09. The number of aliphatic hydroxyl groups is 1. The normalized spacial score (nSPS) is 29.2. The Morgan fingerprint density at radius 1 is 1.17 bits per heavy atom. The third-order valence-corrected chi connectivity index (χ3v) is 10.8. The van der Waals surface area contributed by atoms with E-state index in [-0.39, 0.29) is 48.9 Å². The molecule has 250 valence electrons. The van der Waals surface area contributed by atoms with Crippen molar-refractivity contribution in [3.8, 4) is 0 Å². The van der Waals surface area contributed by atoms with E-state index in [0.29, 0.717) is 25.8 Å². The molecule has 4 aliphatic rings. The van der Waals surface area contributed by atoms with Crippen LogP contribution in [0.25, 0.3) is 0 Å². The highest BCUT2D eigenvalue weighted by atomic mass is 79.9. The first kappa shape index (κ1) is 34.3. The summed E-state index contributed by atoms with van der Waals surface area (Å²) in [7, 11) is 0. The standard InChI is InChI=1S/C35H46BrN3O7/c1-3-5-17-27(41)45-22-26(23-13-8-6-9-14-23)37-32(42)28-29-33(43)39(19-12-20-40)31(35(29)21-25(36)30(28)46-35)34(44)38(18-4-2)24-15-10-7-11-16-24/h3-4,6,8-9,13-14,24-26,28-31,40H,1-2,5,7,10-12,15-22H2,(H,37,42)/t25?,26-,28+,29-,30+,31+,35-/m0/s1. The molecule has 1 aromatic carbocycles.